The molecule has 0 spiro atoms. The van der Waals surface area contributed by atoms with Crippen molar-refractivity contribution in [2.45, 2.75) is 25.3 Å². The van der Waals surface area contributed by atoms with Gasteiger partial charge >= 0.3 is 0 Å². The summed E-state index contributed by atoms with van der Waals surface area (Å²) < 4.78 is 5.97. The Morgan fingerprint density at radius 3 is 2.67 bits per heavy atom. The van der Waals surface area contributed by atoms with Crippen LogP contribution in [0.2, 0.25) is 0 Å². The topological polar surface area (TPSA) is 45.1 Å². The largest absolute Gasteiger partial charge is 0.494 e. The number of benzene rings is 2. The van der Waals surface area contributed by atoms with E-state index in [1.807, 2.05) is 30.3 Å². The van der Waals surface area contributed by atoms with Gasteiger partial charge in [0.1, 0.15) is 11.5 Å². The van der Waals surface area contributed by atoms with Crippen molar-refractivity contribution in [1.82, 2.24) is 4.90 Å². The number of ether oxygens (including phenoxy) is 1. The molecule has 4 nitrogen and oxygen atoms in total. The number of oxime groups is 1. The summed E-state index contributed by atoms with van der Waals surface area (Å²) in [5.41, 5.74) is 4.75. The highest BCUT2D eigenvalue weighted by Crippen LogP contribution is 2.38. The summed E-state index contributed by atoms with van der Waals surface area (Å²) in [6.07, 6.45) is 3.60. The lowest BCUT2D eigenvalue weighted by molar-refractivity contribution is 0.233. The molecule has 0 amide bonds. The van der Waals surface area contributed by atoms with Gasteiger partial charge in [-0.1, -0.05) is 29.4 Å². The third-order valence-corrected chi connectivity index (χ3v) is 5.21. The van der Waals surface area contributed by atoms with Gasteiger partial charge in [-0.25, -0.2) is 0 Å². The molecule has 0 radical (unpaired) electrons. The molecular formula is C20H22N2O2. The molecule has 4 heteroatoms. The van der Waals surface area contributed by atoms with Gasteiger partial charge in [-0.15, -0.1) is 0 Å². The fraction of sp³-hybridized carbons (Fsp3) is 0.350. The summed E-state index contributed by atoms with van der Waals surface area (Å²) in [5, 5.41) is 13.0. The molecule has 1 atom stereocenters. The van der Waals surface area contributed by atoms with E-state index >= 15 is 0 Å². The molecule has 2 aromatic carbocycles. The van der Waals surface area contributed by atoms with Crippen molar-refractivity contribution in [2.24, 2.45) is 5.16 Å². The van der Waals surface area contributed by atoms with Crippen LogP contribution in [0.3, 0.4) is 0 Å². The number of hydrogen-bond donors (Lipinski definition) is 1. The Balaban J connectivity index is 1.51. The van der Waals surface area contributed by atoms with Crippen LogP contribution >= 0.6 is 0 Å². The minimum atomic E-state index is 0.626. The first-order valence-corrected chi connectivity index (χ1v) is 8.57. The summed E-state index contributed by atoms with van der Waals surface area (Å²) >= 11 is 0. The number of likely N-dealkylation sites (tertiary alicyclic amines) is 1. The van der Waals surface area contributed by atoms with Gasteiger partial charge in [0.2, 0.25) is 0 Å². The third-order valence-electron chi connectivity index (χ3n) is 5.21. The van der Waals surface area contributed by atoms with Gasteiger partial charge in [0.25, 0.3) is 0 Å². The molecule has 1 saturated heterocycles. The Bertz CT molecular complexity index is 785. The molecule has 1 aliphatic carbocycles. The third kappa shape index (κ3) is 2.57. The van der Waals surface area contributed by atoms with E-state index in [-0.39, 0.29) is 0 Å². The summed E-state index contributed by atoms with van der Waals surface area (Å²) in [6, 6.07) is 14.7. The van der Waals surface area contributed by atoms with Crippen molar-refractivity contribution < 1.29 is 9.94 Å². The zero-order valence-electron chi connectivity index (χ0n) is 13.9. The predicted molar refractivity (Wildman–Crippen MR) is 95.1 cm³/mol. The van der Waals surface area contributed by atoms with Gasteiger partial charge < -0.3 is 14.8 Å². The smallest absolute Gasteiger partial charge is 0.120 e. The Hall–Kier alpha value is -2.33. The van der Waals surface area contributed by atoms with Crippen LogP contribution in [-0.4, -0.2) is 42.1 Å². The van der Waals surface area contributed by atoms with E-state index in [0.717, 1.165) is 34.4 Å². The summed E-state index contributed by atoms with van der Waals surface area (Å²) in [5.74, 6) is 0.836. The summed E-state index contributed by atoms with van der Waals surface area (Å²) in [6.45, 7) is 1.91. The maximum absolute atomic E-state index is 9.44. The van der Waals surface area contributed by atoms with E-state index in [2.05, 4.69) is 29.2 Å². The first kappa shape index (κ1) is 15.2. The minimum Gasteiger partial charge on any atom is -0.494 e. The van der Waals surface area contributed by atoms with Crippen LogP contribution in [0.4, 0.5) is 0 Å². The Morgan fingerprint density at radius 1 is 1.12 bits per heavy atom. The predicted octanol–water partition coefficient (Wildman–Crippen LogP) is 3.76. The highest BCUT2D eigenvalue weighted by molar-refractivity contribution is 6.24. The van der Waals surface area contributed by atoms with Crippen molar-refractivity contribution in [2.75, 3.05) is 20.2 Å². The highest BCUT2D eigenvalue weighted by Gasteiger charge is 2.25. The number of hydrogen-bond acceptors (Lipinski definition) is 4. The Morgan fingerprint density at radius 2 is 1.92 bits per heavy atom. The zero-order valence-corrected chi connectivity index (χ0v) is 13.9. The normalized spacial score (nSPS) is 21.0. The minimum absolute atomic E-state index is 0.626. The van der Waals surface area contributed by atoms with E-state index in [4.69, 9.17) is 4.74 Å². The van der Waals surface area contributed by atoms with Gasteiger partial charge in [0.15, 0.2) is 0 Å². The molecule has 2 aromatic rings. The molecule has 1 heterocycles. The molecule has 1 N–H and O–H groups in total. The van der Waals surface area contributed by atoms with Crippen molar-refractivity contribution in [3.8, 4) is 16.9 Å². The van der Waals surface area contributed by atoms with Crippen molar-refractivity contribution in [3.05, 3.63) is 53.6 Å². The second kappa shape index (κ2) is 6.29. The Labute approximate surface area is 142 Å². The molecule has 2 aliphatic rings. The molecule has 24 heavy (non-hydrogen) atoms. The molecule has 0 bridgehead atoms. The second-order valence-electron chi connectivity index (χ2n) is 6.62. The number of fused-ring (bicyclic) bond motifs is 3. The van der Waals surface area contributed by atoms with E-state index < -0.39 is 0 Å². The van der Waals surface area contributed by atoms with E-state index in [1.165, 1.54) is 19.4 Å². The average molecular weight is 322 g/mol. The Kier molecular flexibility index (Phi) is 3.98. The van der Waals surface area contributed by atoms with Crippen LogP contribution in [0.15, 0.2) is 47.6 Å². The van der Waals surface area contributed by atoms with Gasteiger partial charge in [-0.05, 0) is 62.2 Å². The molecule has 4 rings (SSSR count). The van der Waals surface area contributed by atoms with Crippen molar-refractivity contribution in [3.63, 3.8) is 0 Å². The van der Waals surface area contributed by atoms with E-state index in [0.29, 0.717) is 18.4 Å². The molecule has 1 unspecified atom stereocenters. The highest BCUT2D eigenvalue weighted by atomic mass is 16.5. The average Bonchev–Trinajstić information content (AvgIpc) is 3.15. The number of nitrogens with zero attached hydrogens (tertiary/aromatic N) is 2. The fourth-order valence-electron chi connectivity index (χ4n) is 3.88. The molecule has 1 fully saturated rings. The standard InChI is InChI=1S/C20H22N2O2/c1-22-11-4-5-14(22)10-12-24-15-8-9-17-16-6-2-3-7-18(16)20(21-23)19(17)13-15/h2-3,6-9,13-14,23H,4-5,10-12H2,1H3/b21-20+. The quantitative estimate of drug-likeness (QED) is 0.587. The maximum Gasteiger partial charge on any atom is 0.120 e. The van der Waals surface area contributed by atoms with Crippen LogP contribution in [-0.2, 0) is 0 Å². The molecule has 124 valence electrons. The molecule has 0 saturated carbocycles. The van der Waals surface area contributed by atoms with E-state index in [1.54, 1.807) is 0 Å². The van der Waals surface area contributed by atoms with Gasteiger partial charge in [-0.2, -0.15) is 0 Å². The number of rotatable bonds is 4. The molecular weight excluding hydrogens is 300 g/mol. The van der Waals surface area contributed by atoms with Crippen molar-refractivity contribution in [1.29, 1.82) is 0 Å². The lowest BCUT2D eigenvalue weighted by Gasteiger charge is -2.19. The monoisotopic (exact) mass is 322 g/mol. The van der Waals surface area contributed by atoms with Crippen molar-refractivity contribution >= 4 is 5.71 Å². The van der Waals surface area contributed by atoms with Crippen LogP contribution in [0, 0.1) is 0 Å². The van der Waals surface area contributed by atoms with Crippen LogP contribution in [0.5, 0.6) is 5.75 Å². The van der Waals surface area contributed by atoms with Gasteiger partial charge in [0, 0.05) is 17.2 Å². The van der Waals surface area contributed by atoms with Crippen LogP contribution in [0.1, 0.15) is 30.4 Å². The first-order valence-electron chi connectivity index (χ1n) is 8.57. The summed E-state index contributed by atoms with van der Waals surface area (Å²) in [4.78, 5) is 2.42. The summed E-state index contributed by atoms with van der Waals surface area (Å²) in [7, 11) is 2.19. The van der Waals surface area contributed by atoms with E-state index in [9.17, 15) is 5.21 Å². The first-order chi connectivity index (χ1) is 11.8. The second-order valence-corrected chi connectivity index (χ2v) is 6.62. The SMILES string of the molecule is CN1CCCC1CCOc1ccc2c(c1)/C(=N/O)c1ccccc1-2. The van der Waals surface area contributed by atoms with Gasteiger partial charge in [0.05, 0.1) is 6.61 Å². The zero-order chi connectivity index (χ0) is 16.5. The lowest BCUT2D eigenvalue weighted by Crippen LogP contribution is -2.26. The molecule has 0 aromatic heterocycles. The lowest BCUT2D eigenvalue weighted by atomic mass is 10.1. The van der Waals surface area contributed by atoms with Gasteiger partial charge in [-0.3, -0.25) is 0 Å². The van der Waals surface area contributed by atoms with Crippen LogP contribution < -0.4 is 4.74 Å². The maximum atomic E-state index is 9.44. The van der Waals surface area contributed by atoms with Crippen LogP contribution in [0.25, 0.3) is 11.1 Å². The molecule has 1 aliphatic heterocycles. The fourth-order valence-corrected chi connectivity index (χ4v) is 3.88.